The molecule has 0 atom stereocenters. The maximum Gasteiger partial charge on any atom is 0.352 e. The molecule has 0 saturated carbocycles. The van der Waals surface area contributed by atoms with Crippen molar-refractivity contribution >= 4 is 11.4 Å². The fourth-order valence-corrected chi connectivity index (χ4v) is 1.09. The minimum atomic E-state index is -0.572. The van der Waals surface area contributed by atoms with Crippen LogP contribution >= 0.6 is 0 Å². The van der Waals surface area contributed by atoms with Crippen LogP contribution in [0.5, 0.6) is 11.5 Å². The first-order valence-electron chi connectivity index (χ1n) is 3.76. The van der Waals surface area contributed by atoms with Gasteiger partial charge in [-0.25, -0.2) is 0 Å². The molecule has 0 saturated heterocycles. The second kappa shape index (κ2) is 3.82. The van der Waals surface area contributed by atoms with E-state index in [1.165, 1.54) is 26.4 Å². The van der Waals surface area contributed by atoms with Gasteiger partial charge in [0.2, 0.25) is 11.5 Å². The van der Waals surface area contributed by atoms with E-state index in [-0.39, 0.29) is 17.2 Å². The summed E-state index contributed by atoms with van der Waals surface area (Å²) < 4.78 is 9.66. The zero-order valence-electron chi connectivity index (χ0n) is 7.81. The number of nitrogens with zero attached hydrogens (tertiary/aromatic N) is 1. The maximum atomic E-state index is 10.7. The summed E-state index contributed by atoms with van der Waals surface area (Å²) >= 11 is 0. The van der Waals surface area contributed by atoms with E-state index in [1.807, 2.05) is 0 Å². The molecule has 0 radical (unpaired) electrons. The molecule has 0 aromatic heterocycles. The highest BCUT2D eigenvalue weighted by Crippen LogP contribution is 2.38. The number of hydrogen-bond acceptors (Lipinski definition) is 5. The van der Waals surface area contributed by atoms with Gasteiger partial charge in [-0.1, -0.05) is 0 Å². The smallest absolute Gasteiger partial charge is 0.352 e. The van der Waals surface area contributed by atoms with Crippen LogP contribution in [0.15, 0.2) is 12.1 Å². The Morgan fingerprint density at radius 2 is 1.71 bits per heavy atom. The molecule has 0 spiro atoms. The van der Waals surface area contributed by atoms with E-state index in [1.54, 1.807) is 0 Å². The molecule has 76 valence electrons. The molecule has 0 unspecified atom stereocenters. The highest BCUT2D eigenvalue weighted by molar-refractivity contribution is 5.64. The Balaban J connectivity index is 3.40. The number of nitro groups is 1. The van der Waals surface area contributed by atoms with Crippen LogP contribution in [0, 0.1) is 10.1 Å². The molecule has 6 nitrogen and oxygen atoms in total. The van der Waals surface area contributed by atoms with Gasteiger partial charge in [0.05, 0.1) is 19.1 Å². The van der Waals surface area contributed by atoms with Gasteiger partial charge in [-0.05, 0) is 0 Å². The Bertz CT molecular complexity index is 339. The number of ether oxygens (including phenoxy) is 2. The average molecular weight is 198 g/mol. The van der Waals surface area contributed by atoms with Crippen LogP contribution in [-0.4, -0.2) is 19.1 Å². The molecule has 6 heteroatoms. The van der Waals surface area contributed by atoms with E-state index >= 15 is 0 Å². The van der Waals surface area contributed by atoms with E-state index in [0.29, 0.717) is 5.69 Å². The fourth-order valence-electron chi connectivity index (χ4n) is 1.09. The summed E-state index contributed by atoms with van der Waals surface area (Å²) in [4.78, 5) is 10.1. The predicted octanol–water partition coefficient (Wildman–Crippen LogP) is 1.19. The van der Waals surface area contributed by atoms with Crippen molar-refractivity contribution in [1.82, 2.24) is 0 Å². The molecule has 0 fully saturated rings. The van der Waals surface area contributed by atoms with Crippen molar-refractivity contribution in [3.05, 3.63) is 22.2 Å². The van der Waals surface area contributed by atoms with Gasteiger partial charge in [-0.15, -0.1) is 0 Å². The molecule has 14 heavy (non-hydrogen) atoms. The quantitative estimate of drug-likeness (QED) is 0.447. The Morgan fingerprint density at radius 3 is 2.00 bits per heavy atom. The van der Waals surface area contributed by atoms with Crippen molar-refractivity contribution < 1.29 is 14.4 Å². The first-order valence-corrected chi connectivity index (χ1v) is 3.76. The van der Waals surface area contributed by atoms with E-state index < -0.39 is 4.92 Å². The van der Waals surface area contributed by atoms with E-state index in [2.05, 4.69) is 0 Å². The van der Waals surface area contributed by atoms with Gasteiger partial charge >= 0.3 is 5.69 Å². The SMILES string of the molecule is COc1cc(N)cc(OC)c1[N+](=O)[O-]. The third kappa shape index (κ3) is 1.68. The minimum Gasteiger partial charge on any atom is -0.490 e. The summed E-state index contributed by atoms with van der Waals surface area (Å²) in [5.74, 6) is 0.179. The molecular formula is C8H10N2O4. The highest BCUT2D eigenvalue weighted by Gasteiger charge is 2.22. The van der Waals surface area contributed by atoms with Gasteiger partial charge in [-0.3, -0.25) is 10.1 Å². The first kappa shape index (κ1) is 10.1. The fraction of sp³-hybridized carbons (Fsp3) is 0.250. The zero-order chi connectivity index (χ0) is 10.7. The van der Waals surface area contributed by atoms with Crippen LogP contribution in [-0.2, 0) is 0 Å². The minimum absolute atomic E-state index is 0.0897. The Kier molecular flexibility index (Phi) is 2.76. The molecule has 0 aliphatic rings. The molecule has 1 rings (SSSR count). The lowest BCUT2D eigenvalue weighted by molar-refractivity contribution is -0.386. The van der Waals surface area contributed by atoms with Gasteiger partial charge in [0, 0.05) is 17.8 Å². The van der Waals surface area contributed by atoms with Gasteiger partial charge in [-0.2, -0.15) is 0 Å². The summed E-state index contributed by atoms with van der Waals surface area (Å²) in [6.45, 7) is 0. The molecule has 1 aromatic carbocycles. The van der Waals surface area contributed by atoms with Crippen LogP contribution in [0.3, 0.4) is 0 Å². The maximum absolute atomic E-state index is 10.7. The van der Waals surface area contributed by atoms with Crippen molar-refractivity contribution in [2.24, 2.45) is 0 Å². The van der Waals surface area contributed by atoms with Crippen molar-refractivity contribution in [3.63, 3.8) is 0 Å². The Labute approximate surface area is 80.4 Å². The zero-order valence-corrected chi connectivity index (χ0v) is 7.81. The number of rotatable bonds is 3. The number of nitrogen functional groups attached to an aromatic ring is 1. The van der Waals surface area contributed by atoms with Crippen LogP contribution in [0.1, 0.15) is 0 Å². The second-order valence-electron chi connectivity index (χ2n) is 2.53. The van der Waals surface area contributed by atoms with Crippen molar-refractivity contribution in [3.8, 4) is 11.5 Å². The summed E-state index contributed by atoms with van der Waals surface area (Å²) in [5.41, 5.74) is 5.63. The van der Waals surface area contributed by atoms with E-state index in [9.17, 15) is 10.1 Å². The van der Waals surface area contributed by atoms with Gasteiger partial charge in [0.1, 0.15) is 0 Å². The summed E-state index contributed by atoms with van der Waals surface area (Å²) in [5, 5.41) is 10.7. The van der Waals surface area contributed by atoms with Crippen molar-refractivity contribution in [2.45, 2.75) is 0 Å². The number of benzene rings is 1. The van der Waals surface area contributed by atoms with Gasteiger partial charge in [0.15, 0.2) is 0 Å². The number of methoxy groups -OCH3 is 2. The Morgan fingerprint density at radius 1 is 1.29 bits per heavy atom. The van der Waals surface area contributed by atoms with E-state index in [0.717, 1.165) is 0 Å². The van der Waals surface area contributed by atoms with Crippen LogP contribution in [0.2, 0.25) is 0 Å². The predicted molar refractivity (Wildman–Crippen MR) is 50.6 cm³/mol. The molecule has 0 heterocycles. The molecule has 0 amide bonds. The number of nitrogens with two attached hydrogens (primary N) is 1. The van der Waals surface area contributed by atoms with Gasteiger partial charge in [0.25, 0.3) is 0 Å². The van der Waals surface area contributed by atoms with Crippen LogP contribution in [0.25, 0.3) is 0 Å². The topological polar surface area (TPSA) is 87.6 Å². The highest BCUT2D eigenvalue weighted by atomic mass is 16.6. The van der Waals surface area contributed by atoms with Crippen molar-refractivity contribution in [2.75, 3.05) is 20.0 Å². The lowest BCUT2D eigenvalue weighted by Crippen LogP contribution is -1.99. The first-order chi connectivity index (χ1) is 6.60. The third-order valence-corrected chi connectivity index (χ3v) is 1.68. The number of anilines is 1. The Hall–Kier alpha value is -1.98. The molecule has 0 aliphatic heterocycles. The molecule has 2 N–H and O–H groups in total. The number of hydrogen-bond donors (Lipinski definition) is 1. The van der Waals surface area contributed by atoms with Gasteiger partial charge < -0.3 is 15.2 Å². The standard InChI is InChI=1S/C8H10N2O4/c1-13-6-3-5(9)4-7(14-2)8(6)10(11)12/h3-4H,9H2,1-2H3. The lowest BCUT2D eigenvalue weighted by atomic mass is 10.2. The lowest BCUT2D eigenvalue weighted by Gasteiger charge is -2.06. The largest absolute Gasteiger partial charge is 0.490 e. The monoisotopic (exact) mass is 198 g/mol. The molecular weight excluding hydrogens is 188 g/mol. The molecule has 0 bridgehead atoms. The summed E-state index contributed by atoms with van der Waals surface area (Å²) in [6, 6.07) is 2.75. The van der Waals surface area contributed by atoms with Crippen LogP contribution in [0.4, 0.5) is 11.4 Å². The van der Waals surface area contributed by atoms with E-state index in [4.69, 9.17) is 15.2 Å². The third-order valence-electron chi connectivity index (χ3n) is 1.68. The number of nitro benzene ring substituents is 1. The molecule has 0 aliphatic carbocycles. The second-order valence-corrected chi connectivity index (χ2v) is 2.53. The molecule has 1 aromatic rings. The summed E-state index contributed by atoms with van der Waals surface area (Å²) in [6.07, 6.45) is 0. The average Bonchev–Trinajstić information content (AvgIpc) is 2.15. The van der Waals surface area contributed by atoms with Crippen LogP contribution < -0.4 is 15.2 Å². The normalized spacial score (nSPS) is 9.57. The van der Waals surface area contributed by atoms with Crippen molar-refractivity contribution in [1.29, 1.82) is 0 Å². The summed E-state index contributed by atoms with van der Waals surface area (Å²) in [7, 11) is 2.67.